The molecule has 0 saturated carbocycles. The lowest BCUT2D eigenvalue weighted by atomic mass is 10.1. The Morgan fingerprint density at radius 1 is 1.48 bits per heavy atom. The van der Waals surface area contributed by atoms with Crippen molar-refractivity contribution in [3.63, 3.8) is 0 Å². The molecule has 1 amide bonds. The van der Waals surface area contributed by atoms with Crippen molar-refractivity contribution in [3.05, 3.63) is 42.0 Å². The summed E-state index contributed by atoms with van der Waals surface area (Å²) in [5.41, 5.74) is 2.37. The molecular formula is C14H17N5OS. The molecule has 0 aliphatic carbocycles. The highest BCUT2D eigenvalue weighted by molar-refractivity contribution is 7.84. The predicted octanol–water partition coefficient (Wildman–Crippen LogP) is 1.86. The fraction of sp³-hybridized carbons (Fsp3) is 0.286. The third-order valence-corrected chi connectivity index (χ3v) is 4.75. The van der Waals surface area contributed by atoms with Gasteiger partial charge in [-0.05, 0) is 41.4 Å². The number of hydrogen-bond acceptors (Lipinski definition) is 3. The van der Waals surface area contributed by atoms with Gasteiger partial charge < -0.3 is 9.88 Å². The molecule has 3 N–H and O–H groups in total. The number of carbonyl (C=O) groups is 1. The van der Waals surface area contributed by atoms with Crippen LogP contribution in [0.5, 0.6) is 0 Å². The third-order valence-electron chi connectivity index (χ3n) is 3.47. The number of rotatable bonds is 2. The van der Waals surface area contributed by atoms with Crippen LogP contribution in [0.15, 0.2) is 35.6 Å². The van der Waals surface area contributed by atoms with Gasteiger partial charge in [0.2, 0.25) is 0 Å². The summed E-state index contributed by atoms with van der Waals surface area (Å²) in [7, 11) is 1.11. The first kappa shape index (κ1) is 14.0. The molecule has 1 atom stereocenters. The van der Waals surface area contributed by atoms with Crippen molar-refractivity contribution in [3.8, 4) is 0 Å². The maximum Gasteiger partial charge on any atom is 0.272 e. The molecule has 2 aromatic heterocycles. The Bertz CT molecular complexity index is 695. The first-order chi connectivity index (χ1) is 10.2. The zero-order chi connectivity index (χ0) is 14.8. The van der Waals surface area contributed by atoms with Crippen LogP contribution in [-0.4, -0.2) is 22.0 Å². The molecule has 0 saturated heterocycles. The van der Waals surface area contributed by atoms with Crippen molar-refractivity contribution in [1.82, 2.24) is 14.3 Å². The summed E-state index contributed by atoms with van der Waals surface area (Å²) in [4.78, 5) is 17.4. The molecule has 3 rings (SSSR count). The lowest BCUT2D eigenvalue weighted by molar-refractivity contribution is 0.101. The van der Waals surface area contributed by atoms with Crippen molar-refractivity contribution in [1.29, 1.82) is 4.78 Å². The number of nitrogens with one attached hydrogen (secondary N) is 3. The minimum atomic E-state index is -0.746. The van der Waals surface area contributed by atoms with Crippen LogP contribution < -0.4 is 10.0 Å². The maximum atomic E-state index is 12.6. The van der Waals surface area contributed by atoms with E-state index in [1.54, 1.807) is 24.5 Å². The highest BCUT2D eigenvalue weighted by Gasteiger charge is 2.23. The Morgan fingerprint density at radius 2 is 2.24 bits per heavy atom. The second kappa shape index (κ2) is 5.79. The van der Waals surface area contributed by atoms with Crippen molar-refractivity contribution in [2.24, 2.45) is 7.05 Å². The lowest BCUT2D eigenvalue weighted by Crippen LogP contribution is -2.17. The van der Waals surface area contributed by atoms with E-state index in [4.69, 9.17) is 4.78 Å². The van der Waals surface area contributed by atoms with Gasteiger partial charge in [-0.3, -0.25) is 19.3 Å². The third kappa shape index (κ3) is 2.74. The molecule has 21 heavy (non-hydrogen) atoms. The minimum Gasteiger partial charge on any atom is -0.345 e. The van der Waals surface area contributed by atoms with Crippen LogP contribution in [-0.2, 0) is 24.3 Å². The molecule has 0 fully saturated rings. The lowest BCUT2D eigenvalue weighted by Gasteiger charge is -2.08. The Kier molecular flexibility index (Phi) is 3.85. The second-order valence-electron chi connectivity index (χ2n) is 4.93. The van der Waals surface area contributed by atoms with E-state index in [0.29, 0.717) is 5.69 Å². The van der Waals surface area contributed by atoms with Gasteiger partial charge in [-0.15, -0.1) is 0 Å². The van der Waals surface area contributed by atoms with E-state index >= 15 is 0 Å². The van der Waals surface area contributed by atoms with Gasteiger partial charge in [0.05, 0.1) is 4.90 Å². The van der Waals surface area contributed by atoms with Crippen molar-refractivity contribution < 1.29 is 4.79 Å². The predicted molar refractivity (Wildman–Crippen MR) is 82.3 cm³/mol. The number of aromatic nitrogens is 2. The number of pyridine rings is 1. The molecule has 0 spiro atoms. The molecule has 2 aromatic rings. The number of amides is 1. The molecule has 0 aromatic carbocycles. The van der Waals surface area contributed by atoms with Crippen molar-refractivity contribution in [2.75, 3.05) is 11.9 Å². The highest BCUT2D eigenvalue weighted by atomic mass is 32.2. The van der Waals surface area contributed by atoms with Gasteiger partial charge in [0, 0.05) is 37.9 Å². The molecule has 0 radical (unpaired) electrons. The van der Waals surface area contributed by atoms with Crippen LogP contribution in [0.2, 0.25) is 0 Å². The summed E-state index contributed by atoms with van der Waals surface area (Å²) in [5.74, 6) is -0.135. The fourth-order valence-electron chi connectivity index (χ4n) is 2.51. The normalized spacial score (nSPS) is 17.9. The van der Waals surface area contributed by atoms with Gasteiger partial charge in [-0.2, -0.15) is 0 Å². The summed E-state index contributed by atoms with van der Waals surface area (Å²) < 4.78 is 13.1. The minimum absolute atomic E-state index is 0.135. The standard InChI is InChI=1S/C14H17N5OS/c1-19-9-12-11(3-2-6-17-21(12)15)13(19)14(20)18-10-4-7-16-8-5-10/h4-5,7-9H,2-3,6H2,1H3,(H2,15,17)(H,16,18,20). The smallest absolute Gasteiger partial charge is 0.272 e. The second-order valence-corrected chi connectivity index (χ2v) is 6.27. The Morgan fingerprint density at radius 3 is 3.00 bits per heavy atom. The number of anilines is 1. The highest BCUT2D eigenvalue weighted by Crippen LogP contribution is 2.24. The topological polar surface area (TPSA) is 82.8 Å². The van der Waals surface area contributed by atoms with E-state index in [-0.39, 0.29) is 5.91 Å². The number of hydrogen-bond donors (Lipinski definition) is 3. The molecular weight excluding hydrogens is 286 g/mol. The van der Waals surface area contributed by atoms with Crippen molar-refractivity contribution >= 4 is 22.5 Å². The first-order valence-corrected chi connectivity index (χ1v) is 7.98. The van der Waals surface area contributed by atoms with Crippen LogP contribution in [0.3, 0.4) is 0 Å². The van der Waals surface area contributed by atoms with Crippen molar-refractivity contribution in [2.45, 2.75) is 17.7 Å². The molecule has 110 valence electrons. The molecule has 7 heteroatoms. The Balaban J connectivity index is 1.95. The quantitative estimate of drug-likeness (QED) is 0.792. The monoisotopic (exact) mass is 303 g/mol. The SMILES string of the molecule is Cn1cc2c(c1C(=O)Nc1ccncc1)CCCNS2=N. The molecule has 3 heterocycles. The fourth-order valence-corrected chi connectivity index (χ4v) is 3.72. The largest absolute Gasteiger partial charge is 0.345 e. The van der Waals surface area contributed by atoms with Gasteiger partial charge in [-0.1, -0.05) is 0 Å². The number of nitrogens with zero attached hydrogens (tertiary/aromatic N) is 2. The number of fused-ring (bicyclic) bond motifs is 1. The van der Waals surface area contributed by atoms with Gasteiger partial charge in [-0.25, -0.2) is 0 Å². The van der Waals surface area contributed by atoms with E-state index in [2.05, 4.69) is 15.0 Å². The molecule has 0 bridgehead atoms. The summed E-state index contributed by atoms with van der Waals surface area (Å²) in [5, 5.41) is 2.89. The Hall–Kier alpha value is -1.99. The maximum absolute atomic E-state index is 12.6. The number of aryl methyl sites for hydroxylation is 1. The van der Waals surface area contributed by atoms with Crippen LogP contribution in [0.25, 0.3) is 0 Å². The number of carbonyl (C=O) groups excluding carboxylic acids is 1. The molecule has 6 nitrogen and oxygen atoms in total. The van der Waals surface area contributed by atoms with E-state index < -0.39 is 10.9 Å². The van der Waals surface area contributed by atoms with Gasteiger partial charge >= 0.3 is 0 Å². The molecule has 1 aliphatic heterocycles. The van der Waals surface area contributed by atoms with E-state index in [9.17, 15) is 4.79 Å². The summed E-state index contributed by atoms with van der Waals surface area (Å²) in [6, 6.07) is 3.52. The molecule has 1 unspecified atom stereocenters. The van der Waals surface area contributed by atoms with Gasteiger partial charge in [0.25, 0.3) is 5.91 Å². The first-order valence-electron chi connectivity index (χ1n) is 6.75. The van der Waals surface area contributed by atoms with E-state index in [0.717, 1.165) is 35.5 Å². The average molecular weight is 303 g/mol. The zero-order valence-electron chi connectivity index (χ0n) is 11.7. The van der Waals surface area contributed by atoms with Gasteiger partial charge in [0.1, 0.15) is 5.69 Å². The van der Waals surface area contributed by atoms with Crippen LogP contribution in [0.1, 0.15) is 22.5 Å². The van der Waals surface area contributed by atoms with Crippen LogP contribution in [0, 0.1) is 4.78 Å². The van der Waals surface area contributed by atoms with Crippen LogP contribution >= 0.6 is 0 Å². The van der Waals surface area contributed by atoms with E-state index in [1.165, 1.54) is 0 Å². The van der Waals surface area contributed by atoms with Gasteiger partial charge in [0.15, 0.2) is 0 Å². The van der Waals surface area contributed by atoms with Crippen LogP contribution in [0.4, 0.5) is 5.69 Å². The average Bonchev–Trinajstić information content (AvgIpc) is 2.71. The molecule has 1 aliphatic rings. The summed E-state index contributed by atoms with van der Waals surface area (Å²) in [6.07, 6.45) is 6.95. The Labute approximate surface area is 125 Å². The zero-order valence-corrected chi connectivity index (χ0v) is 12.5. The summed E-state index contributed by atoms with van der Waals surface area (Å²) in [6.45, 7) is 0.816. The van der Waals surface area contributed by atoms with E-state index in [1.807, 2.05) is 17.8 Å². The summed E-state index contributed by atoms with van der Waals surface area (Å²) >= 11 is 0.